The minimum Gasteiger partial charge on any atom is -0.466 e. The summed E-state index contributed by atoms with van der Waals surface area (Å²) >= 11 is 0. The Kier molecular flexibility index (Phi) is 5.31. The van der Waals surface area contributed by atoms with Crippen LogP contribution in [-0.4, -0.2) is 12.6 Å². The molecule has 3 nitrogen and oxygen atoms in total. The summed E-state index contributed by atoms with van der Waals surface area (Å²) in [6.07, 6.45) is 4.58. The molecule has 1 aliphatic rings. The minimum absolute atomic E-state index is 0.0335. The Bertz CT molecular complexity index is 270. The van der Waals surface area contributed by atoms with Gasteiger partial charge in [-0.25, -0.2) is 0 Å². The van der Waals surface area contributed by atoms with Crippen LogP contribution in [0.5, 0.6) is 0 Å². The van der Waals surface area contributed by atoms with E-state index in [0.717, 1.165) is 25.7 Å². The number of hydrogen-bond donors (Lipinski definition) is 0. The first kappa shape index (κ1) is 13.0. The van der Waals surface area contributed by atoms with Gasteiger partial charge >= 0.3 is 5.97 Å². The van der Waals surface area contributed by atoms with Gasteiger partial charge in [0.1, 0.15) is 0 Å². The van der Waals surface area contributed by atoms with E-state index in [1.54, 1.807) is 0 Å². The Hall–Kier alpha value is -1.04. The monoisotopic (exact) mass is 223 g/mol. The van der Waals surface area contributed by atoms with Crippen molar-refractivity contribution in [2.75, 3.05) is 6.61 Å². The van der Waals surface area contributed by atoms with E-state index in [1.807, 2.05) is 6.92 Å². The van der Waals surface area contributed by atoms with Gasteiger partial charge in [-0.3, -0.25) is 4.79 Å². The molecule has 0 heterocycles. The van der Waals surface area contributed by atoms with Crippen molar-refractivity contribution in [2.45, 2.75) is 46.0 Å². The molecule has 0 aliphatic heterocycles. The van der Waals surface area contributed by atoms with E-state index in [0.29, 0.717) is 24.9 Å². The van der Waals surface area contributed by atoms with Crippen LogP contribution in [0.3, 0.4) is 0 Å². The van der Waals surface area contributed by atoms with E-state index in [4.69, 9.17) is 10.00 Å². The molecule has 90 valence electrons. The van der Waals surface area contributed by atoms with Crippen LogP contribution >= 0.6 is 0 Å². The molecule has 0 aromatic heterocycles. The van der Waals surface area contributed by atoms with Crippen molar-refractivity contribution in [1.82, 2.24) is 0 Å². The lowest BCUT2D eigenvalue weighted by Gasteiger charge is -2.15. The van der Waals surface area contributed by atoms with Crippen molar-refractivity contribution in [1.29, 1.82) is 5.26 Å². The summed E-state index contributed by atoms with van der Waals surface area (Å²) in [6.45, 7) is 4.44. The number of nitriles is 1. The van der Waals surface area contributed by atoms with E-state index in [2.05, 4.69) is 13.0 Å². The summed E-state index contributed by atoms with van der Waals surface area (Å²) in [7, 11) is 0. The van der Waals surface area contributed by atoms with E-state index in [9.17, 15) is 4.79 Å². The predicted octanol–water partition coefficient (Wildman–Crippen LogP) is 2.91. The number of carbonyl (C=O) groups excluding carboxylic acids is 1. The van der Waals surface area contributed by atoms with E-state index >= 15 is 0 Å². The molecule has 0 amide bonds. The first-order valence-electron chi connectivity index (χ1n) is 6.26. The third kappa shape index (κ3) is 3.23. The second kappa shape index (κ2) is 6.52. The van der Waals surface area contributed by atoms with Gasteiger partial charge in [0.25, 0.3) is 0 Å². The fraction of sp³-hybridized carbons (Fsp3) is 0.846. The highest BCUT2D eigenvalue weighted by Crippen LogP contribution is 2.41. The van der Waals surface area contributed by atoms with Crippen molar-refractivity contribution >= 4 is 5.97 Å². The highest BCUT2D eigenvalue weighted by atomic mass is 16.5. The third-order valence-electron chi connectivity index (χ3n) is 3.57. The Morgan fingerprint density at radius 1 is 1.44 bits per heavy atom. The van der Waals surface area contributed by atoms with Gasteiger partial charge in [-0.1, -0.05) is 13.3 Å². The molecule has 0 saturated heterocycles. The van der Waals surface area contributed by atoms with Gasteiger partial charge in [-0.15, -0.1) is 0 Å². The zero-order chi connectivity index (χ0) is 12.0. The fourth-order valence-electron chi connectivity index (χ4n) is 2.73. The zero-order valence-corrected chi connectivity index (χ0v) is 10.2. The van der Waals surface area contributed by atoms with Gasteiger partial charge < -0.3 is 4.74 Å². The molecule has 1 rings (SSSR count). The molecular weight excluding hydrogens is 202 g/mol. The summed E-state index contributed by atoms with van der Waals surface area (Å²) < 4.78 is 5.11. The molecule has 0 radical (unpaired) electrons. The zero-order valence-electron chi connectivity index (χ0n) is 10.2. The van der Waals surface area contributed by atoms with Crippen LogP contribution in [0.2, 0.25) is 0 Å². The van der Waals surface area contributed by atoms with Crippen LogP contribution in [0, 0.1) is 29.1 Å². The predicted molar refractivity (Wildman–Crippen MR) is 61.5 cm³/mol. The number of hydrogen-bond acceptors (Lipinski definition) is 3. The van der Waals surface area contributed by atoms with Crippen LogP contribution in [0.15, 0.2) is 0 Å². The summed E-state index contributed by atoms with van der Waals surface area (Å²) in [5.41, 5.74) is 0. The Labute approximate surface area is 97.8 Å². The van der Waals surface area contributed by atoms with Crippen molar-refractivity contribution in [3.63, 3.8) is 0 Å². The van der Waals surface area contributed by atoms with E-state index in [1.165, 1.54) is 0 Å². The summed E-state index contributed by atoms with van der Waals surface area (Å²) in [4.78, 5) is 11.7. The van der Waals surface area contributed by atoms with Crippen LogP contribution in [0.1, 0.15) is 46.0 Å². The number of rotatable bonds is 5. The van der Waals surface area contributed by atoms with E-state index in [-0.39, 0.29) is 11.9 Å². The molecule has 16 heavy (non-hydrogen) atoms. The molecular formula is C13H21NO2. The van der Waals surface area contributed by atoms with Gasteiger partial charge in [0, 0.05) is 6.42 Å². The molecule has 1 fully saturated rings. The smallest absolute Gasteiger partial charge is 0.309 e. The maximum Gasteiger partial charge on any atom is 0.309 e. The first-order valence-corrected chi connectivity index (χ1v) is 6.26. The molecule has 0 spiro atoms. The van der Waals surface area contributed by atoms with Crippen LogP contribution < -0.4 is 0 Å². The lowest BCUT2D eigenvalue weighted by Crippen LogP contribution is -2.21. The third-order valence-corrected chi connectivity index (χ3v) is 3.57. The normalized spacial score (nSPS) is 28.7. The summed E-state index contributed by atoms with van der Waals surface area (Å²) in [5, 5.41) is 8.57. The van der Waals surface area contributed by atoms with Crippen LogP contribution in [0.4, 0.5) is 0 Å². The number of nitrogens with zero attached hydrogens (tertiary/aromatic N) is 1. The molecule has 3 heteroatoms. The Morgan fingerprint density at radius 3 is 2.75 bits per heavy atom. The van der Waals surface area contributed by atoms with E-state index < -0.39 is 0 Å². The summed E-state index contributed by atoms with van der Waals surface area (Å²) in [5.74, 6) is 1.05. The average Bonchev–Trinajstić information content (AvgIpc) is 2.70. The molecule has 0 aromatic rings. The number of carbonyl (C=O) groups is 1. The Morgan fingerprint density at radius 2 is 2.19 bits per heavy atom. The van der Waals surface area contributed by atoms with Gasteiger partial charge in [0.2, 0.25) is 0 Å². The maximum atomic E-state index is 11.7. The van der Waals surface area contributed by atoms with Gasteiger partial charge in [0.15, 0.2) is 0 Å². The lowest BCUT2D eigenvalue weighted by atomic mass is 9.94. The second-order valence-corrected chi connectivity index (χ2v) is 4.56. The molecule has 0 N–H and O–H groups in total. The topological polar surface area (TPSA) is 50.1 Å². The molecule has 1 saturated carbocycles. The Balaban J connectivity index is 2.50. The second-order valence-electron chi connectivity index (χ2n) is 4.56. The van der Waals surface area contributed by atoms with Crippen LogP contribution in [-0.2, 0) is 9.53 Å². The SMILES string of the molecule is CCOC(=O)[C@H]1C[C@H](CCC#N)C[C@H]1CC. The lowest BCUT2D eigenvalue weighted by molar-refractivity contribution is -0.149. The molecule has 3 atom stereocenters. The van der Waals surface area contributed by atoms with Crippen molar-refractivity contribution in [3.05, 3.63) is 0 Å². The highest BCUT2D eigenvalue weighted by Gasteiger charge is 2.38. The van der Waals surface area contributed by atoms with Gasteiger partial charge in [0.05, 0.1) is 18.6 Å². The summed E-state index contributed by atoms with van der Waals surface area (Å²) in [6, 6.07) is 2.18. The molecule has 0 unspecified atom stereocenters. The first-order chi connectivity index (χ1) is 7.72. The standard InChI is InChI=1S/C13H21NO2/c1-3-11-8-10(6-5-7-14)9-12(11)13(15)16-4-2/h10-12H,3-6,8-9H2,1-2H3/t10-,11-,12+/m1/s1. The minimum atomic E-state index is -0.0335. The number of esters is 1. The van der Waals surface area contributed by atoms with Gasteiger partial charge in [-0.05, 0) is 38.0 Å². The van der Waals surface area contributed by atoms with Gasteiger partial charge in [-0.2, -0.15) is 5.26 Å². The number of ether oxygens (including phenoxy) is 1. The average molecular weight is 223 g/mol. The van der Waals surface area contributed by atoms with Crippen molar-refractivity contribution < 1.29 is 9.53 Å². The maximum absolute atomic E-state index is 11.7. The fourth-order valence-corrected chi connectivity index (χ4v) is 2.73. The van der Waals surface area contributed by atoms with Crippen molar-refractivity contribution in [3.8, 4) is 6.07 Å². The molecule has 0 bridgehead atoms. The quantitative estimate of drug-likeness (QED) is 0.673. The molecule has 0 aromatic carbocycles. The van der Waals surface area contributed by atoms with Crippen molar-refractivity contribution in [2.24, 2.45) is 17.8 Å². The van der Waals surface area contributed by atoms with Crippen LogP contribution in [0.25, 0.3) is 0 Å². The molecule has 1 aliphatic carbocycles. The highest BCUT2D eigenvalue weighted by molar-refractivity contribution is 5.73. The largest absolute Gasteiger partial charge is 0.466 e.